The molecule has 58 valence electrons. The van der Waals surface area contributed by atoms with Crippen LogP contribution in [0, 0.1) is 0 Å². The monoisotopic (exact) mass is 173 g/mol. The van der Waals surface area contributed by atoms with Gasteiger partial charge in [-0.1, -0.05) is 0 Å². The van der Waals surface area contributed by atoms with E-state index in [4.69, 9.17) is 4.74 Å². The number of nitrogens with one attached hydrogen (secondary N) is 1. The van der Waals surface area contributed by atoms with E-state index >= 15 is 0 Å². The first-order valence-corrected chi connectivity index (χ1v) is 2.78. The summed E-state index contributed by atoms with van der Waals surface area (Å²) in [6, 6.07) is 0. The minimum absolute atomic E-state index is 0. The lowest BCUT2D eigenvalue weighted by Crippen LogP contribution is -2.15. The van der Waals surface area contributed by atoms with Crippen molar-refractivity contribution in [3.63, 3.8) is 0 Å². The van der Waals surface area contributed by atoms with Crippen LogP contribution in [0.2, 0.25) is 0 Å². The first-order valence-electron chi connectivity index (χ1n) is 2.78. The molecule has 1 aliphatic heterocycles. The van der Waals surface area contributed by atoms with Gasteiger partial charge >= 0.3 is 0 Å². The largest absolute Gasteiger partial charge is 0.380 e. The second-order valence-corrected chi connectivity index (χ2v) is 1.72. The van der Waals surface area contributed by atoms with Gasteiger partial charge in [-0.3, -0.25) is 0 Å². The molecule has 4 heteroatoms. The van der Waals surface area contributed by atoms with E-state index in [9.17, 15) is 0 Å². The van der Waals surface area contributed by atoms with Crippen LogP contribution in [-0.4, -0.2) is 26.3 Å². The van der Waals surface area contributed by atoms with Crippen LogP contribution in [0.3, 0.4) is 0 Å². The van der Waals surface area contributed by atoms with E-state index < -0.39 is 0 Å². The third-order valence-corrected chi connectivity index (χ3v) is 1.07. The maximum Gasteiger partial charge on any atom is 0.0590 e. The lowest BCUT2D eigenvalue weighted by molar-refractivity contribution is 0.151. The molecule has 0 aromatic rings. The summed E-state index contributed by atoms with van der Waals surface area (Å²) in [6.45, 7) is 3.98. The van der Waals surface area contributed by atoms with Crippen LogP contribution < -0.4 is 5.32 Å². The minimum Gasteiger partial charge on any atom is -0.380 e. The fourth-order valence-corrected chi connectivity index (χ4v) is 0.671. The van der Waals surface area contributed by atoms with Gasteiger partial charge in [0.25, 0.3) is 0 Å². The molecule has 0 unspecified atom stereocenters. The lowest BCUT2D eigenvalue weighted by atomic mass is 10.5. The Morgan fingerprint density at radius 1 is 1.00 bits per heavy atom. The van der Waals surface area contributed by atoms with Crippen molar-refractivity contribution in [3.05, 3.63) is 0 Å². The summed E-state index contributed by atoms with van der Waals surface area (Å²) in [5.74, 6) is 0. The molecule has 0 spiro atoms. The summed E-state index contributed by atoms with van der Waals surface area (Å²) in [7, 11) is 0. The molecule has 0 saturated carbocycles. The number of rotatable bonds is 0. The van der Waals surface area contributed by atoms with E-state index in [1.807, 2.05) is 0 Å². The topological polar surface area (TPSA) is 21.3 Å². The zero-order chi connectivity index (χ0) is 4.95. The zero-order valence-corrected chi connectivity index (χ0v) is 6.89. The standard InChI is InChI=1S/C5H11NO.2ClH/c1-2-6-3-5-7-4-1;;/h6H,1-5H2;2*1H. The van der Waals surface area contributed by atoms with Gasteiger partial charge in [-0.2, -0.15) is 0 Å². The average molecular weight is 174 g/mol. The van der Waals surface area contributed by atoms with E-state index in [-0.39, 0.29) is 24.8 Å². The zero-order valence-electron chi connectivity index (χ0n) is 5.26. The summed E-state index contributed by atoms with van der Waals surface area (Å²) >= 11 is 0. The van der Waals surface area contributed by atoms with Crippen molar-refractivity contribution in [2.75, 3.05) is 26.3 Å². The van der Waals surface area contributed by atoms with Gasteiger partial charge in [-0.05, 0) is 13.0 Å². The van der Waals surface area contributed by atoms with Crippen molar-refractivity contribution >= 4 is 24.8 Å². The van der Waals surface area contributed by atoms with Gasteiger partial charge in [0.05, 0.1) is 6.61 Å². The summed E-state index contributed by atoms with van der Waals surface area (Å²) in [6.07, 6.45) is 1.17. The molecule has 9 heavy (non-hydrogen) atoms. The fraction of sp³-hybridized carbons (Fsp3) is 1.00. The highest BCUT2D eigenvalue weighted by molar-refractivity contribution is 5.85. The Labute approximate surface area is 68.2 Å². The second kappa shape index (κ2) is 8.50. The van der Waals surface area contributed by atoms with Crippen molar-refractivity contribution in [1.82, 2.24) is 5.32 Å². The Bertz CT molecular complexity index is 34.6. The summed E-state index contributed by atoms with van der Waals surface area (Å²) in [5, 5.41) is 3.22. The van der Waals surface area contributed by atoms with Gasteiger partial charge in [-0.25, -0.2) is 0 Å². The molecule has 0 atom stereocenters. The maximum absolute atomic E-state index is 5.13. The van der Waals surface area contributed by atoms with E-state index in [1.165, 1.54) is 6.42 Å². The molecule has 0 amide bonds. The molecule has 1 aliphatic rings. The first-order chi connectivity index (χ1) is 3.50. The molecule has 0 bridgehead atoms. The Kier molecular flexibility index (Phi) is 11.5. The lowest BCUT2D eigenvalue weighted by Gasteiger charge is -1.91. The van der Waals surface area contributed by atoms with Crippen LogP contribution in [0.1, 0.15) is 6.42 Å². The van der Waals surface area contributed by atoms with Crippen molar-refractivity contribution in [1.29, 1.82) is 0 Å². The second-order valence-electron chi connectivity index (χ2n) is 1.72. The molecule has 0 aliphatic carbocycles. The molecule has 0 aromatic heterocycles. The van der Waals surface area contributed by atoms with E-state index in [1.54, 1.807) is 0 Å². The summed E-state index contributed by atoms with van der Waals surface area (Å²) < 4.78 is 5.13. The van der Waals surface area contributed by atoms with Crippen LogP contribution in [0.4, 0.5) is 0 Å². The third-order valence-electron chi connectivity index (χ3n) is 1.07. The highest BCUT2D eigenvalue weighted by Gasteiger charge is 1.93. The quantitative estimate of drug-likeness (QED) is 0.587. The van der Waals surface area contributed by atoms with Gasteiger partial charge in [0.15, 0.2) is 0 Å². The molecule has 1 fully saturated rings. The molecule has 1 N–H and O–H groups in total. The molecular weight excluding hydrogens is 161 g/mol. The first kappa shape index (κ1) is 12.2. The van der Waals surface area contributed by atoms with Crippen LogP contribution in [-0.2, 0) is 4.74 Å². The SMILES string of the molecule is C1CNCCOC1.Cl.Cl. The molecular formula is C5H13Cl2NO. The van der Waals surface area contributed by atoms with Crippen molar-refractivity contribution in [2.45, 2.75) is 6.42 Å². The Hall–Kier alpha value is 0.500. The van der Waals surface area contributed by atoms with Crippen molar-refractivity contribution in [3.8, 4) is 0 Å². The minimum atomic E-state index is 0. The van der Waals surface area contributed by atoms with E-state index in [2.05, 4.69) is 5.32 Å². The van der Waals surface area contributed by atoms with Crippen molar-refractivity contribution < 1.29 is 4.74 Å². The molecule has 2 nitrogen and oxygen atoms in total. The molecule has 1 saturated heterocycles. The van der Waals surface area contributed by atoms with Gasteiger partial charge in [0.1, 0.15) is 0 Å². The third kappa shape index (κ3) is 6.38. The van der Waals surface area contributed by atoms with Gasteiger partial charge in [0, 0.05) is 13.2 Å². The van der Waals surface area contributed by atoms with Crippen LogP contribution in [0.5, 0.6) is 0 Å². The molecule has 1 rings (SSSR count). The summed E-state index contributed by atoms with van der Waals surface area (Å²) in [4.78, 5) is 0. The van der Waals surface area contributed by atoms with Crippen LogP contribution in [0.25, 0.3) is 0 Å². The molecule has 0 aromatic carbocycles. The maximum atomic E-state index is 5.13. The molecule has 1 heterocycles. The predicted octanol–water partition coefficient (Wildman–Crippen LogP) is 0.840. The van der Waals surface area contributed by atoms with Crippen molar-refractivity contribution in [2.24, 2.45) is 0 Å². The van der Waals surface area contributed by atoms with Gasteiger partial charge in [0.2, 0.25) is 0 Å². The Balaban J connectivity index is 0. The number of hydrogen-bond donors (Lipinski definition) is 1. The van der Waals surface area contributed by atoms with Crippen LogP contribution >= 0.6 is 24.8 Å². The van der Waals surface area contributed by atoms with E-state index in [0.717, 1.165) is 26.3 Å². The van der Waals surface area contributed by atoms with Crippen LogP contribution in [0.15, 0.2) is 0 Å². The number of ether oxygens (including phenoxy) is 1. The predicted molar refractivity (Wildman–Crippen MR) is 42.8 cm³/mol. The van der Waals surface area contributed by atoms with E-state index in [0.29, 0.717) is 0 Å². The highest BCUT2D eigenvalue weighted by Crippen LogP contribution is 1.83. The molecule has 0 radical (unpaired) electrons. The number of halogens is 2. The average Bonchev–Trinajstić information content (AvgIpc) is 1.90. The Morgan fingerprint density at radius 3 is 2.56 bits per heavy atom. The Morgan fingerprint density at radius 2 is 1.78 bits per heavy atom. The smallest absolute Gasteiger partial charge is 0.0590 e. The normalized spacial score (nSPS) is 18.7. The van der Waals surface area contributed by atoms with Gasteiger partial charge in [-0.15, -0.1) is 24.8 Å². The highest BCUT2D eigenvalue weighted by atomic mass is 35.5. The summed E-state index contributed by atoms with van der Waals surface area (Å²) in [5.41, 5.74) is 0. The van der Waals surface area contributed by atoms with Gasteiger partial charge < -0.3 is 10.1 Å². The number of hydrogen-bond acceptors (Lipinski definition) is 2. The fourth-order valence-electron chi connectivity index (χ4n) is 0.671.